The molecule has 0 bridgehead atoms. The standard InChI is InChI=1S/C16H16Cl2N2S/c17-13-7-6-12(15(18)10-13)11-20(9-8-16(19)21)14-4-2-1-3-5-14/h1-7,10H,8-9,11H2,(H2,19,21). The van der Waals surface area contributed by atoms with Gasteiger partial charge >= 0.3 is 0 Å². The van der Waals surface area contributed by atoms with Gasteiger partial charge in [0.15, 0.2) is 0 Å². The summed E-state index contributed by atoms with van der Waals surface area (Å²) in [5.74, 6) is 0. The van der Waals surface area contributed by atoms with Crippen molar-refractivity contribution in [1.29, 1.82) is 0 Å². The Morgan fingerprint density at radius 1 is 1.10 bits per heavy atom. The molecule has 2 N–H and O–H groups in total. The van der Waals surface area contributed by atoms with Crippen LogP contribution >= 0.6 is 35.4 Å². The molecule has 0 unspecified atom stereocenters. The normalized spacial score (nSPS) is 10.4. The summed E-state index contributed by atoms with van der Waals surface area (Å²) in [5, 5.41) is 1.30. The molecule has 2 aromatic carbocycles. The summed E-state index contributed by atoms with van der Waals surface area (Å²) >= 11 is 17.2. The Morgan fingerprint density at radius 3 is 2.43 bits per heavy atom. The SMILES string of the molecule is NC(=S)CCN(Cc1ccc(Cl)cc1Cl)c1ccccc1. The fourth-order valence-electron chi connectivity index (χ4n) is 2.04. The Morgan fingerprint density at radius 2 is 1.81 bits per heavy atom. The van der Waals surface area contributed by atoms with E-state index in [9.17, 15) is 0 Å². The maximum absolute atomic E-state index is 6.26. The van der Waals surface area contributed by atoms with Crippen LogP contribution in [-0.4, -0.2) is 11.5 Å². The Kier molecular flexibility index (Phi) is 5.85. The number of nitrogens with zero attached hydrogens (tertiary/aromatic N) is 1. The summed E-state index contributed by atoms with van der Waals surface area (Å²) in [5.41, 5.74) is 7.76. The lowest BCUT2D eigenvalue weighted by Gasteiger charge is -2.25. The fraction of sp³-hybridized carbons (Fsp3) is 0.188. The highest BCUT2D eigenvalue weighted by Crippen LogP contribution is 2.24. The maximum atomic E-state index is 6.26. The quantitative estimate of drug-likeness (QED) is 0.775. The van der Waals surface area contributed by atoms with Crippen molar-refractivity contribution in [2.45, 2.75) is 13.0 Å². The predicted molar refractivity (Wildman–Crippen MR) is 95.4 cm³/mol. The van der Waals surface area contributed by atoms with E-state index in [1.54, 1.807) is 6.07 Å². The van der Waals surface area contributed by atoms with Crippen molar-refractivity contribution in [1.82, 2.24) is 0 Å². The Labute approximate surface area is 140 Å². The third kappa shape index (κ3) is 4.88. The van der Waals surface area contributed by atoms with Crippen LogP contribution in [0.2, 0.25) is 10.0 Å². The molecule has 0 aliphatic rings. The zero-order valence-electron chi connectivity index (χ0n) is 11.4. The number of benzene rings is 2. The number of anilines is 1. The van der Waals surface area contributed by atoms with Gasteiger partial charge in [-0.15, -0.1) is 0 Å². The Hall–Kier alpha value is -1.29. The molecule has 2 nitrogen and oxygen atoms in total. The minimum absolute atomic E-state index is 0.512. The van der Waals surface area contributed by atoms with Gasteiger partial charge in [0, 0.05) is 35.2 Å². The molecule has 2 aromatic rings. The average Bonchev–Trinajstić information content (AvgIpc) is 2.46. The molecule has 0 aliphatic heterocycles. The molecule has 0 aliphatic carbocycles. The van der Waals surface area contributed by atoms with E-state index >= 15 is 0 Å². The number of para-hydroxylation sites is 1. The first kappa shape index (κ1) is 16.1. The van der Waals surface area contributed by atoms with Crippen LogP contribution in [-0.2, 0) is 6.54 Å². The number of rotatable bonds is 6. The zero-order chi connectivity index (χ0) is 15.2. The molecule has 0 radical (unpaired) electrons. The Balaban J connectivity index is 2.21. The van der Waals surface area contributed by atoms with Gasteiger partial charge < -0.3 is 10.6 Å². The highest BCUT2D eigenvalue weighted by atomic mass is 35.5. The van der Waals surface area contributed by atoms with E-state index in [4.69, 9.17) is 41.2 Å². The summed E-state index contributed by atoms with van der Waals surface area (Å²) in [6.45, 7) is 1.43. The zero-order valence-corrected chi connectivity index (χ0v) is 13.8. The molecular weight excluding hydrogens is 323 g/mol. The van der Waals surface area contributed by atoms with Crippen molar-refractivity contribution < 1.29 is 0 Å². The van der Waals surface area contributed by atoms with Gasteiger partial charge in [0.05, 0.1) is 4.99 Å². The molecule has 5 heteroatoms. The van der Waals surface area contributed by atoms with Crippen LogP contribution in [0.3, 0.4) is 0 Å². The molecule has 0 saturated heterocycles. The van der Waals surface area contributed by atoms with E-state index < -0.39 is 0 Å². The minimum Gasteiger partial charge on any atom is -0.393 e. The monoisotopic (exact) mass is 338 g/mol. The van der Waals surface area contributed by atoms with Crippen LogP contribution < -0.4 is 10.6 Å². The summed E-state index contributed by atoms with van der Waals surface area (Å²) in [4.78, 5) is 2.71. The van der Waals surface area contributed by atoms with Gasteiger partial charge in [0.2, 0.25) is 0 Å². The van der Waals surface area contributed by atoms with Gasteiger partial charge in [-0.05, 0) is 29.8 Å². The van der Waals surface area contributed by atoms with E-state index in [0.717, 1.165) is 17.8 Å². The van der Waals surface area contributed by atoms with E-state index in [2.05, 4.69) is 17.0 Å². The van der Waals surface area contributed by atoms with Gasteiger partial charge in [-0.2, -0.15) is 0 Å². The van der Waals surface area contributed by atoms with Crippen LogP contribution in [0.4, 0.5) is 5.69 Å². The maximum Gasteiger partial charge on any atom is 0.0745 e. The van der Waals surface area contributed by atoms with E-state index in [1.165, 1.54) is 0 Å². The van der Waals surface area contributed by atoms with E-state index in [1.807, 2.05) is 30.3 Å². The van der Waals surface area contributed by atoms with Crippen molar-refractivity contribution in [2.24, 2.45) is 5.73 Å². The smallest absolute Gasteiger partial charge is 0.0745 e. The molecule has 0 heterocycles. The van der Waals surface area contributed by atoms with Crippen molar-refractivity contribution in [3.63, 3.8) is 0 Å². The lowest BCUT2D eigenvalue weighted by Crippen LogP contribution is -2.27. The third-order valence-corrected chi connectivity index (χ3v) is 3.92. The first-order valence-electron chi connectivity index (χ1n) is 6.58. The van der Waals surface area contributed by atoms with Crippen molar-refractivity contribution in [2.75, 3.05) is 11.4 Å². The third-order valence-electron chi connectivity index (χ3n) is 3.13. The lowest BCUT2D eigenvalue weighted by molar-refractivity contribution is 0.807. The number of nitrogens with two attached hydrogens (primary N) is 1. The summed E-state index contributed by atoms with van der Waals surface area (Å²) in [6.07, 6.45) is 0.662. The molecule has 0 aromatic heterocycles. The number of thiocarbonyl (C=S) groups is 1. The van der Waals surface area contributed by atoms with Crippen LogP contribution in [0, 0.1) is 0 Å². The first-order chi connectivity index (χ1) is 10.1. The van der Waals surface area contributed by atoms with Gasteiger partial charge in [-0.25, -0.2) is 0 Å². The number of halogens is 2. The molecule has 21 heavy (non-hydrogen) atoms. The molecule has 110 valence electrons. The fourth-order valence-corrected chi connectivity index (χ4v) is 2.60. The van der Waals surface area contributed by atoms with Crippen molar-refractivity contribution in [3.8, 4) is 0 Å². The van der Waals surface area contributed by atoms with Crippen LogP contribution in [0.25, 0.3) is 0 Å². The van der Waals surface area contributed by atoms with Crippen LogP contribution in [0.1, 0.15) is 12.0 Å². The molecule has 0 saturated carbocycles. The lowest BCUT2D eigenvalue weighted by atomic mass is 10.2. The van der Waals surface area contributed by atoms with Gasteiger partial charge in [0.25, 0.3) is 0 Å². The van der Waals surface area contributed by atoms with Gasteiger partial charge in [0.1, 0.15) is 0 Å². The van der Waals surface area contributed by atoms with Crippen molar-refractivity contribution >= 4 is 46.1 Å². The molecule has 0 spiro atoms. The summed E-state index contributed by atoms with van der Waals surface area (Å²) in [7, 11) is 0. The molecule has 2 rings (SSSR count). The second-order valence-electron chi connectivity index (χ2n) is 4.71. The second kappa shape index (κ2) is 7.64. The summed E-state index contributed by atoms with van der Waals surface area (Å²) in [6, 6.07) is 15.7. The van der Waals surface area contributed by atoms with Crippen LogP contribution in [0.5, 0.6) is 0 Å². The predicted octanol–water partition coefficient (Wildman–Crippen LogP) is 4.68. The highest BCUT2D eigenvalue weighted by molar-refractivity contribution is 7.80. The molecular formula is C16H16Cl2N2S. The highest BCUT2D eigenvalue weighted by Gasteiger charge is 2.10. The van der Waals surface area contributed by atoms with Crippen LogP contribution in [0.15, 0.2) is 48.5 Å². The van der Waals surface area contributed by atoms with Crippen molar-refractivity contribution in [3.05, 3.63) is 64.1 Å². The first-order valence-corrected chi connectivity index (χ1v) is 7.75. The molecule has 0 amide bonds. The van der Waals surface area contributed by atoms with Gasteiger partial charge in [-0.1, -0.05) is 59.7 Å². The molecule has 0 atom stereocenters. The van der Waals surface area contributed by atoms with E-state index in [-0.39, 0.29) is 0 Å². The largest absolute Gasteiger partial charge is 0.393 e. The number of hydrogen-bond donors (Lipinski definition) is 1. The Bertz CT molecular complexity index is 617. The second-order valence-corrected chi connectivity index (χ2v) is 6.08. The van der Waals surface area contributed by atoms with E-state index in [0.29, 0.717) is 28.0 Å². The van der Waals surface area contributed by atoms with Gasteiger partial charge in [-0.3, -0.25) is 0 Å². The average molecular weight is 339 g/mol. The summed E-state index contributed by atoms with van der Waals surface area (Å²) < 4.78 is 0. The molecule has 0 fully saturated rings. The number of hydrogen-bond acceptors (Lipinski definition) is 2. The topological polar surface area (TPSA) is 29.3 Å². The minimum atomic E-state index is 0.512.